The molecule has 1 aliphatic carbocycles. The molecule has 6 nitrogen and oxygen atoms in total. The first kappa shape index (κ1) is 12.6. The number of hydrogen-bond acceptors (Lipinski definition) is 6. The maximum absolute atomic E-state index is 11.5. The van der Waals surface area contributed by atoms with E-state index in [1.165, 1.54) is 0 Å². The smallest absolute Gasteiger partial charge is 0.328 e. The van der Waals surface area contributed by atoms with Gasteiger partial charge in [0.2, 0.25) is 0 Å². The summed E-state index contributed by atoms with van der Waals surface area (Å²) in [5.41, 5.74) is 5.73. The standard InChI is InChI=1S/C12H18N4O2/c1-3-18-12(17)7(2)14-10-6-9(13)15-11(16-10)8-4-5-8/h6-8H,3-5H2,1-2H3,(H3,13,14,15,16). The Morgan fingerprint density at radius 3 is 2.94 bits per heavy atom. The summed E-state index contributed by atoms with van der Waals surface area (Å²) in [7, 11) is 0. The monoisotopic (exact) mass is 250 g/mol. The predicted octanol–water partition coefficient (Wildman–Crippen LogP) is 1.30. The highest BCUT2D eigenvalue weighted by molar-refractivity contribution is 5.78. The van der Waals surface area contributed by atoms with Gasteiger partial charge in [-0.15, -0.1) is 0 Å². The Morgan fingerprint density at radius 2 is 2.33 bits per heavy atom. The van der Waals surface area contributed by atoms with Gasteiger partial charge in [0, 0.05) is 12.0 Å². The fraction of sp³-hybridized carbons (Fsp3) is 0.583. The third kappa shape index (κ3) is 3.09. The molecule has 1 fully saturated rings. The van der Waals surface area contributed by atoms with Crippen LogP contribution in [-0.4, -0.2) is 28.6 Å². The minimum atomic E-state index is -0.452. The zero-order chi connectivity index (χ0) is 13.1. The second-order valence-corrected chi connectivity index (χ2v) is 4.43. The van der Waals surface area contributed by atoms with E-state index in [0.29, 0.717) is 24.2 Å². The van der Waals surface area contributed by atoms with Gasteiger partial charge in [-0.25, -0.2) is 14.8 Å². The van der Waals surface area contributed by atoms with E-state index in [2.05, 4.69) is 15.3 Å². The molecule has 0 aliphatic heterocycles. The van der Waals surface area contributed by atoms with Gasteiger partial charge < -0.3 is 15.8 Å². The molecule has 0 radical (unpaired) electrons. The molecule has 1 unspecified atom stereocenters. The lowest BCUT2D eigenvalue weighted by Crippen LogP contribution is -2.28. The molecule has 2 rings (SSSR count). The molecule has 1 heterocycles. The van der Waals surface area contributed by atoms with Crippen LogP contribution >= 0.6 is 0 Å². The second kappa shape index (κ2) is 5.20. The maximum Gasteiger partial charge on any atom is 0.328 e. The molecule has 0 amide bonds. The van der Waals surface area contributed by atoms with Crippen molar-refractivity contribution < 1.29 is 9.53 Å². The number of rotatable bonds is 5. The van der Waals surface area contributed by atoms with Crippen LogP contribution in [0.1, 0.15) is 38.4 Å². The Kier molecular flexibility index (Phi) is 3.64. The number of hydrogen-bond donors (Lipinski definition) is 2. The highest BCUT2D eigenvalue weighted by Gasteiger charge is 2.27. The largest absolute Gasteiger partial charge is 0.464 e. The van der Waals surface area contributed by atoms with E-state index in [1.54, 1.807) is 19.9 Å². The van der Waals surface area contributed by atoms with Gasteiger partial charge >= 0.3 is 5.97 Å². The van der Waals surface area contributed by atoms with Gasteiger partial charge in [0.15, 0.2) is 0 Å². The number of nitrogens with one attached hydrogen (secondary N) is 1. The quantitative estimate of drug-likeness (QED) is 0.765. The summed E-state index contributed by atoms with van der Waals surface area (Å²) in [6, 6.07) is 1.17. The Bertz CT molecular complexity index is 446. The molecule has 0 bridgehead atoms. The van der Waals surface area contributed by atoms with Crippen molar-refractivity contribution in [2.75, 3.05) is 17.7 Å². The highest BCUT2D eigenvalue weighted by atomic mass is 16.5. The normalized spacial score (nSPS) is 16.1. The van der Waals surface area contributed by atoms with Crippen molar-refractivity contribution in [1.82, 2.24) is 9.97 Å². The third-order valence-corrected chi connectivity index (χ3v) is 2.71. The lowest BCUT2D eigenvalue weighted by atomic mass is 10.3. The summed E-state index contributed by atoms with van der Waals surface area (Å²) in [5, 5.41) is 2.98. The first-order chi connectivity index (χ1) is 8.60. The number of esters is 1. The van der Waals surface area contributed by atoms with Gasteiger partial charge in [-0.2, -0.15) is 0 Å². The van der Waals surface area contributed by atoms with E-state index in [4.69, 9.17) is 10.5 Å². The topological polar surface area (TPSA) is 90.1 Å². The zero-order valence-corrected chi connectivity index (χ0v) is 10.6. The molecule has 6 heteroatoms. The van der Waals surface area contributed by atoms with E-state index in [9.17, 15) is 4.79 Å². The molecule has 98 valence electrons. The Hall–Kier alpha value is -1.85. The minimum Gasteiger partial charge on any atom is -0.464 e. The number of carbonyl (C=O) groups excluding carboxylic acids is 1. The molecule has 0 saturated heterocycles. The Balaban J connectivity index is 2.06. The lowest BCUT2D eigenvalue weighted by molar-refractivity contribution is -0.143. The first-order valence-corrected chi connectivity index (χ1v) is 6.17. The summed E-state index contributed by atoms with van der Waals surface area (Å²) >= 11 is 0. The predicted molar refractivity (Wildman–Crippen MR) is 68.1 cm³/mol. The van der Waals surface area contributed by atoms with Crippen LogP contribution in [0.3, 0.4) is 0 Å². The SMILES string of the molecule is CCOC(=O)C(C)Nc1cc(N)nc(C2CC2)n1. The number of ether oxygens (including phenoxy) is 1. The van der Waals surface area contributed by atoms with Gasteiger partial charge in [0.05, 0.1) is 6.61 Å². The Labute approximate surface area is 106 Å². The van der Waals surface area contributed by atoms with Crippen LogP contribution in [0.4, 0.5) is 11.6 Å². The summed E-state index contributed by atoms with van der Waals surface area (Å²) in [6.45, 7) is 3.87. The molecular weight excluding hydrogens is 232 g/mol. The summed E-state index contributed by atoms with van der Waals surface area (Å²) in [5.74, 6) is 1.87. The van der Waals surface area contributed by atoms with E-state index < -0.39 is 6.04 Å². The summed E-state index contributed by atoms with van der Waals surface area (Å²) in [6.07, 6.45) is 2.21. The van der Waals surface area contributed by atoms with Gasteiger partial charge in [0.25, 0.3) is 0 Å². The van der Waals surface area contributed by atoms with E-state index >= 15 is 0 Å². The third-order valence-electron chi connectivity index (χ3n) is 2.71. The molecule has 0 spiro atoms. The molecule has 3 N–H and O–H groups in total. The van der Waals surface area contributed by atoms with Gasteiger partial charge in [0.1, 0.15) is 23.5 Å². The molecule has 1 aromatic heterocycles. The van der Waals surface area contributed by atoms with E-state index in [1.807, 2.05) is 0 Å². The highest BCUT2D eigenvalue weighted by Crippen LogP contribution is 2.38. The van der Waals surface area contributed by atoms with Crippen LogP contribution in [-0.2, 0) is 9.53 Å². The first-order valence-electron chi connectivity index (χ1n) is 6.17. The number of nitrogens with zero attached hydrogens (tertiary/aromatic N) is 2. The van der Waals surface area contributed by atoms with Crippen LogP contribution in [0.25, 0.3) is 0 Å². The molecule has 1 atom stereocenters. The Morgan fingerprint density at radius 1 is 1.61 bits per heavy atom. The number of anilines is 2. The molecule has 0 aromatic carbocycles. The van der Waals surface area contributed by atoms with Crippen LogP contribution in [0.2, 0.25) is 0 Å². The molecule has 1 saturated carbocycles. The van der Waals surface area contributed by atoms with E-state index in [-0.39, 0.29) is 5.97 Å². The zero-order valence-electron chi connectivity index (χ0n) is 10.6. The average molecular weight is 250 g/mol. The van der Waals surface area contributed by atoms with Crippen molar-refractivity contribution in [3.05, 3.63) is 11.9 Å². The minimum absolute atomic E-state index is 0.303. The number of nitrogen functional groups attached to an aromatic ring is 1. The van der Waals surface area contributed by atoms with Gasteiger partial charge in [-0.3, -0.25) is 0 Å². The lowest BCUT2D eigenvalue weighted by Gasteiger charge is -2.14. The van der Waals surface area contributed by atoms with E-state index in [0.717, 1.165) is 18.7 Å². The number of aromatic nitrogens is 2. The van der Waals surface area contributed by atoms with Crippen molar-refractivity contribution >= 4 is 17.6 Å². The van der Waals surface area contributed by atoms with Gasteiger partial charge in [-0.1, -0.05) is 0 Å². The molecule has 18 heavy (non-hydrogen) atoms. The summed E-state index contributed by atoms with van der Waals surface area (Å²) in [4.78, 5) is 20.1. The molecular formula is C12H18N4O2. The summed E-state index contributed by atoms with van der Waals surface area (Å²) < 4.78 is 4.92. The van der Waals surface area contributed by atoms with Gasteiger partial charge in [-0.05, 0) is 26.7 Å². The van der Waals surface area contributed by atoms with Crippen LogP contribution in [0.5, 0.6) is 0 Å². The van der Waals surface area contributed by atoms with Crippen molar-refractivity contribution in [3.63, 3.8) is 0 Å². The van der Waals surface area contributed by atoms with Crippen molar-refractivity contribution in [3.8, 4) is 0 Å². The van der Waals surface area contributed by atoms with Crippen LogP contribution in [0.15, 0.2) is 6.07 Å². The average Bonchev–Trinajstić information content (AvgIpc) is 3.12. The number of carbonyl (C=O) groups is 1. The second-order valence-electron chi connectivity index (χ2n) is 4.43. The number of nitrogens with two attached hydrogens (primary N) is 1. The fourth-order valence-electron chi connectivity index (χ4n) is 1.63. The van der Waals surface area contributed by atoms with Crippen molar-refractivity contribution in [2.24, 2.45) is 0 Å². The molecule has 1 aliphatic rings. The molecule has 1 aromatic rings. The fourth-order valence-corrected chi connectivity index (χ4v) is 1.63. The van der Waals surface area contributed by atoms with Crippen LogP contribution < -0.4 is 11.1 Å². The van der Waals surface area contributed by atoms with Crippen LogP contribution in [0, 0.1) is 0 Å². The van der Waals surface area contributed by atoms with Crippen molar-refractivity contribution in [1.29, 1.82) is 0 Å². The maximum atomic E-state index is 11.5. The van der Waals surface area contributed by atoms with Crippen molar-refractivity contribution in [2.45, 2.75) is 38.6 Å².